The van der Waals surface area contributed by atoms with Gasteiger partial charge in [-0.15, -0.1) is 0 Å². The maximum absolute atomic E-state index is 14.2. The van der Waals surface area contributed by atoms with Gasteiger partial charge < -0.3 is 18.9 Å². The summed E-state index contributed by atoms with van der Waals surface area (Å²) in [6.07, 6.45) is 1.84. The minimum Gasteiger partial charge on any atom is -0.494 e. The van der Waals surface area contributed by atoms with Crippen LogP contribution >= 0.6 is 0 Å². The highest BCUT2D eigenvalue weighted by atomic mass is 19.1. The van der Waals surface area contributed by atoms with Crippen molar-refractivity contribution in [1.82, 2.24) is 4.98 Å². The Morgan fingerprint density at radius 1 is 1.23 bits per heavy atom. The van der Waals surface area contributed by atoms with Gasteiger partial charge in [0.15, 0.2) is 11.6 Å². The molecule has 26 heavy (non-hydrogen) atoms. The Kier molecular flexibility index (Phi) is 7.00. The number of fused-ring (bicyclic) bond motifs is 1. The Hall–Kier alpha value is -2.57. The van der Waals surface area contributed by atoms with E-state index in [0.717, 1.165) is 30.5 Å². The van der Waals surface area contributed by atoms with Crippen molar-refractivity contribution >= 4 is 17.1 Å². The van der Waals surface area contributed by atoms with Crippen molar-refractivity contribution in [3.63, 3.8) is 0 Å². The number of hydrogen-bond acceptors (Lipinski definition) is 6. The number of pyridine rings is 1. The van der Waals surface area contributed by atoms with Gasteiger partial charge in [0, 0.05) is 22.7 Å². The van der Waals surface area contributed by atoms with Crippen LogP contribution in [0, 0.1) is 12.7 Å². The minimum atomic E-state index is -0.814. The van der Waals surface area contributed by atoms with Gasteiger partial charge in [0.05, 0.1) is 19.2 Å². The second-order valence-corrected chi connectivity index (χ2v) is 5.70. The molecule has 0 saturated carbocycles. The van der Waals surface area contributed by atoms with Crippen LogP contribution in [0.1, 0.15) is 37.9 Å². The molecule has 1 heterocycles. The van der Waals surface area contributed by atoms with E-state index >= 15 is 0 Å². The lowest BCUT2D eigenvalue weighted by molar-refractivity contribution is 0.00704. The quantitative estimate of drug-likeness (QED) is 0.505. The minimum absolute atomic E-state index is 0.111. The molecule has 2 aromatic rings. The second-order valence-electron chi connectivity index (χ2n) is 5.70. The van der Waals surface area contributed by atoms with Gasteiger partial charge in [-0.2, -0.15) is 0 Å². The molecular weight excluding hydrogens is 341 g/mol. The number of carbonyl (C=O) groups excluding carboxylic acids is 1. The van der Waals surface area contributed by atoms with Crippen LogP contribution in [0.25, 0.3) is 10.9 Å². The maximum Gasteiger partial charge on any atom is 0.511 e. The second kappa shape index (κ2) is 9.22. The van der Waals surface area contributed by atoms with Gasteiger partial charge in [-0.05, 0) is 32.8 Å². The molecule has 0 aliphatic carbocycles. The zero-order chi connectivity index (χ0) is 19.1. The first kappa shape index (κ1) is 19.8. The molecule has 0 bridgehead atoms. The van der Waals surface area contributed by atoms with E-state index in [2.05, 4.69) is 11.9 Å². The highest BCUT2D eigenvalue weighted by Gasteiger charge is 2.17. The van der Waals surface area contributed by atoms with Crippen LogP contribution in [0.2, 0.25) is 0 Å². The molecule has 0 atom stereocenters. The number of aromatic nitrogens is 1. The van der Waals surface area contributed by atoms with Crippen LogP contribution in [0.3, 0.4) is 0 Å². The predicted molar refractivity (Wildman–Crippen MR) is 95.2 cm³/mol. The van der Waals surface area contributed by atoms with Gasteiger partial charge in [-0.1, -0.05) is 13.3 Å². The number of nitrogens with zero attached hydrogens (tertiary/aromatic N) is 1. The molecule has 0 radical (unpaired) electrons. The molecule has 0 amide bonds. The molecule has 0 aliphatic heterocycles. The molecule has 0 spiro atoms. The van der Waals surface area contributed by atoms with Crippen LogP contribution in [0.15, 0.2) is 12.1 Å². The topological polar surface area (TPSA) is 66.9 Å². The molecule has 0 unspecified atom stereocenters. The van der Waals surface area contributed by atoms with E-state index in [1.54, 1.807) is 6.92 Å². The van der Waals surface area contributed by atoms with Gasteiger partial charge in [0.2, 0.25) is 6.79 Å². The third-order valence-electron chi connectivity index (χ3n) is 3.94. The summed E-state index contributed by atoms with van der Waals surface area (Å²) in [6, 6.07) is 2.86. The van der Waals surface area contributed by atoms with Crippen molar-refractivity contribution in [1.29, 1.82) is 0 Å². The Bertz CT molecular complexity index is 778. The summed E-state index contributed by atoms with van der Waals surface area (Å²) in [7, 11) is 1.40. The average molecular weight is 365 g/mol. The lowest BCUT2D eigenvalue weighted by atomic mass is 10.0. The largest absolute Gasteiger partial charge is 0.511 e. The molecular formula is C19H24FNO5. The first-order chi connectivity index (χ1) is 12.5. The van der Waals surface area contributed by atoms with Crippen LogP contribution in [-0.2, 0) is 15.9 Å². The van der Waals surface area contributed by atoms with E-state index in [1.165, 1.54) is 19.2 Å². The Balaban J connectivity index is 2.43. The van der Waals surface area contributed by atoms with Crippen LogP contribution in [-0.4, -0.2) is 31.6 Å². The number of halogens is 1. The predicted octanol–water partition coefficient (Wildman–Crippen LogP) is 4.54. The van der Waals surface area contributed by atoms with E-state index in [1.807, 2.05) is 6.92 Å². The monoisotopic (exact) mass is 365 g/mol. The van der Waals surface area contributed by atoms with Gasteiger partial charge in [-0.3, -0.25) is 4.98 Å². The Morgan fingerprint density at radius 3 is 2.65 bits per heavy atom. The zero-order valence-corrected chi connectivity index (χ0v) is 15.6. The summed E-state index contributed by atoms with van der Waals surface area (Å²) < 4.78 is 34.5. The number of rotatable bonds is 8. The third-order valence-corrected chi connectivity index (χ3v) is 3.94. The number of unbranched alkanes of at least 4 members (excludes halogenated alkanes) is 1. The summed E-state index contributed by atoms with van der Waals surface area (Å²) in [5, 5.41) is 0.507. The summed E-state index contributed by atoms with van der Waals surface area (Å²) in [5.74, 6) is 0.0643. The fraction of sp³-hybridized carbons (Fsp3) is 0.474. The van der Waals surface area contributed by atoms with Crippen LogP contribution in [0.5, 0.6) is 11.5 Å². The van der Waals surface area contributed by atoms with Crippen LogP contribution < -0.4 is 9.47 Å². The summed E-state index contributed by atoms with van der Waals surface area (Å²) in [6.45, 7) is 5.52. The van der Waals surface area contributed by atoms with Crippen molar-refractivity contribution in [3.8, 4) is 11.5 Å². The van der Waals surface area contributed by atoms with Crippen molar-refractivity contribution < 1.29 is 28.1 Å². The Morgan fingerprint density at radius 2 is 2.00 bits per heavy atom. The van der Waals surface area contributed by atoms with Gasteiger partial charge in [0.1, 0.15) is 5.75 Å². The van der Waals surface area contributed by atoms with E-state index < -0.39 is 12.0 Å². The lowest BCUT2D eigenvalue weighted by Crippen LogP contribution is -2.13. The van der Waals surface area contributed by atoms with Crippen LogP contribution in [0.4, 0.5) is 9.18 Å². The van der Waals surface area contributed by atoms with Crippen molar-refractivity contribution in [2.45, 2.75) is 40.0 Å². The molecule has 0 aliphatic rings. The van der Waals surface area contributed by atoms with E-state index in [9.17, 15) is 9.18 Å². The summed E-state index contributed by atoms with van der Waals surface area (Å²) >= 11 is 0. The normalized spacial score (nSPS) is 10.7. The van der Waals surface area contributed by atoms with Gasteiger partial charge in [0.25, 0.3) is 0 Å². The molecule has 1 aromatic carbocycles. The number of carbonyl (C=O) groups is 1. The van der Waals surface area contributed by atoms with Crippen molar-refractivity contribution in [2.75, 3.05) is 20.5 Å². The molecule has 142 valence electrons. The molecule has 6 nitrogen and oxygen atoms in total. The van der Waals surface area contributed by atoms with Crippen molar-refractivity contribution in [3.05, 3.63) is 29.2 Å². The molecule has 0 N–H and O–H groups in total. The number of hydrogen-bond donors (Lipinski definition) is 0. The first-order valence-electron chi connectivity index (χ1n) is 8.60. The number of methoxy groups -OCH3 is 1. The maximum atomic E-state index is 14.2. The van der Waals surface area contributed by atoms with Gasteiger partial charge >= 0.3 is 6.16 Å². The first-order valence-corrected chi connectivity index (χ1v) is 8.60. The molecule has 0 fully saturated rings. The number of ether oxygens (including phenoxy) is 4. The van der Waals surface area contributed by atoms with E-state index in [0.29, 0.717) is 16.7 Å². The average Bonchev–Trinajstić information content (AvgIpc) is 2.61. The van der Waals surface area contributed by atoms with Crippen molar-refractivity contribution in [2.24, 2.45) is 0 Å². The smallest absolute Gasteiger partial charge is 0.494 e. The molecule has 1 aromatic heterocycles. The molecule has 2 rings (SSSR count). The van der Waals surface area contributed by atoms with Gasteiger partial charge in [-0.25, -0.2) is 9.18 Å². The summed E-state index contributed by atoms with van der Waals surface area (Å²) in [4.78, 5) is 15.9. The standard InChI is InChI=1S/C19H24FNO5/c1-5-7-8-13-12(3)21-16-10-17(23-4)15(20)9-14(16)18(13)25-11-26-19(22)24-6-2/h9-10H,5-8,11H2,1-4H3. The zero-order valence-electron chi connectivity index (χ0n) is 15.6. The number of aryl methyl sites for hydroxylation is 1. The fourth-order valence-electron chi connectivity index (χ4n) is 2.66. The lowest BCUT2D eigenvalue weighted by Gasteiger charge is -2.17. The SMILES string of the molecule is CCCCc1c(C)nc2cc(OC)c(F)cc2c1OCOC(=O)OCC. The third kappa shape index (κ3) is 4.53. The Labute approximate surface area is 152 Å². The van der Waals surface area contributed by atoms with E-state index in [-0.39, 0.29) is 19.1 Å². The molecule has 0 saturated heterocycles. The highest BCUT2D eigenvalue weighted by molar-refractivity contribution is 5.88. The summed E-state index contributed by atoms with van der Waals surface area (Å²) in [5.41, 5.74) is 2.20. The number of benzene rings is 1. The van der Waals surface area contributed by atoms with E-state index in [4.69, 9.17) is 18.9 Å². The fourth-order valence-corrected chi connectivity index (χ4v) is 2.66. The molecule has 7 heteroatoms. The highest BCUT2D eigenvalue weighted by Crippen LogP contribution is 2.35.